The van der Waals surface area contributed by atoms with Gasteiger partial charge >= 0.3 is 0 Å². The van der Waals surface area contributed by atoms with E-state index in [9.17, 15) is 0 Å². The van der Waals surface area contributed by atoms with Crippen molar-refractivity contribution in [3.05, 3.63) is 35.9 Å². The van der Waals surface area contributed by atoms with Gasteiger partial charge in [0.1, 0.15) is 17.0 Å². The van der Waals surface area contributed by atoms with Crippen LogP contribution in [0, 0.1) is 6.92 Å². The molecular weight excluding hydrogens is 260 g/mol. The largest absolute Gasteiger partial charge is 0.382 e. The first-order chi connectivity index (χ1) is 9.15. The molecule has 1 aliphatic rings. The van der Waals surface area contributed by atoms with Crippen molar-refractivity contribution < 1.29 is 0 Å². The van der Waals surface area contributed by atoms with Gasteiger partial charge in [-0.1, -0.05) is 6.07 Å². The summed E-state index contributed by atoms with van der Waals surface area (Å²) in [7, 11) is 0. The number of thiol groups is 1. The van der Waals surface area contributed by atoms with Crippen molar-refractivity contribution in [2.45, 2.75) is 19.0 Å². The zero-order valence-corrected chi connectivity index (χ0v) is 11.3. The van der Waals surface area contributed by atoms with E-state index in [1.807, 2.05) is 30.2 Å². The Morgan fingerprint density at radius 2 is 2.32 bits per heavy atom. The fourth-order valence-corrected chi connectivity index (χ4v) is 2.42. The van der Waals surface area contributed by atoms with Gasteiger partial charge in [-0.25, -0.2) is 9.97 Å². The average Bonchev–Trinajstić information content (AvgIpc) is 2.69. The lowest BCUT2D eigenvalue weighted by Gasteiger charge is -2.22. The Morgan fingerprint density at radius 1 is 1.47 bits per heavy atom. The molecule has 19 heavy (non-hydrogen) atoms. The quantitative estimate of drug-likeness (QED) is 0.719. The van der Waals surface area contributed by atoms with Gasteiger partial charge in [-0.05, 0) is 18.6 Å². The summed E-state index contributed by atoms with van der Waals surface area (Å²) in [6.07, 6.45) is 3.58. The Bertz CT molecular complexity index is 603. The molecule has 0 amide bonds. The molecule has 1 atom stereocenters. The van der Waals surface area contributed by atoms with Gasteiger partial charge in [0.2, 0.25) is 0 Å². The maximum Gasteiger partial charge on any atom is 0.160 e. The molecular formula is C12H14N6S. The predicted octanol–water partition coefficient (Wildman–Crippen LogP) is 1.41. The van der Waals surface area contributed by atoms with Crippen LogP contribution in [-0.2, 0) is 6.54 Å². The van der Waals surface area contributed by atoms with Crippen LogP contribution in [0.25, 0.3) is 0 Å². The maximum atomic E-state index is 5.90. The van der Waals surface area contributed by atoms with E-state index in [0.29, 0.717) is 18.2 Å². The Hall–Kier alpha value is -2.02. The summed E-state index contributed by atoms with van der Waals surface area (Å²) in [6.45, 7) is 2.49. The first-order valence-corrected chi connectivity index (χ1v) is 6.41. The minimum Gasteiger partial charge on any atom is -0.382 e. The van der Waals surface area contributed by atoms with Crippen molar-refractivity contribution in [3.63, 3.8) is 0 Å². The first kappa shape index (κ1) is 12.0. The Balaban J connectivity index is 1.96. The molecule has 98 valence electrons. The van der Waals surface area contributed by atoms with Gasteiger partial charge in [0.15, 0.2) is 11.6 Å². The van der Waals surface area contributed by atoms with Gasteiger partial charge in [0.05, 0.1) is 0 Å². The third-order valence-corrected chi connectivity index (χ3v) is 3.35. The summed E-state index contributed by atoms with van der Waals surface area (Å²) in [5, 5.41) is 3.18. The van der Waals surface area contributed by atoms with Crippen LogP contribution in [0.4, 0.5) is 17.3 Å². The number of nitrogen functional groups attached to an aromatic ring is 1. The highest BCUT2D eigenvalue weighted by Crippen LogP contribution is 2.38. The van der Waals surface area contributed by atoms with Crippen LogP contribution in [0.3, 0.4) is 0 Å². The monoisotopic (exact) mass is 274 g/mol. The summed E-state index contributed by atoms with van der Waals surface area (Å²) in [5.74, 6) is 1.89. The van der Waals surface area contributed by atoms with Crippen LogP contribution in [0.5, 0.6) is 0 Å². The topological polar surface area (TPSA) is 80.0 Å². The van der Waals surface area contributed by atoms with E-state index in [0.717, 1.165) is 17.1 Å². The summed E-state index contributed by atoms with van der Waals surface area (Å²) < 4.78 is 0. The van der Waals surface area contributed by atoms with Crippen molar-refractivity contribution in [1.82, 2.24) is 15.0 Å². The third-order valence-electron chi connectivity index (χ3n) is 2.95. The second-order valence-electron chi connectivity index (χ2n) is 4.36. The molecule has 1 unspecified atom stereocenters. The smallest absolute Gasteiger partial charge is 0.160 e. The van der Waals surface area contributed by atoms with Gasteiger partial charge in [-0.2, -0.15) is 0 Å². The van der Waals surface area contributed by atoms with Crippen molar-refractivity contribution >= 4 is 30.0 Å². The molecule has 6 nitrogen and oxygen atoms in total. The Morgan fingerprint density at radius 3 is 3.05 bits per heavy atom. The van der Waals surface area contributed by atoms with Crippen LogP contribution in [0.2, 0.25) is 0 Å². The lowest BCUT2D eigenvalue weighted by Crippen LogP contribution is -2.30. The van der Waals surface area contributed by atoms with E-state index >= 15 is 0 Å². The van der Waals surface area contributed by atoms with Crippen LogP contribution in [0.1, 0.15) is 11.4 Å². The predicted molar refractivity (Wildman–Crippen MR) is 78.0 cm³/mol. The molecule has 0 aliphatic carbocycles. The molecule has 0 bridgehead atoms. The van der Waals surface area contributed by atoms with Gasteiger partial charge in [-0.15, -0.1) is 12.6 Å². The van der Waals surface area contributed by atoms with Crippen molar-refractivity contribution in [2.75, 3.05) is 16.0 Å². The van der Waals surface area contributed by atoms with Crippen LogP contribution in [-0.4, -0.2) is 20.4 Å². The molecule has 0 spiro atoms. The lowest BCUT2D eigenvalue weighted by atomic mass is 10.2. The molecule has 0 fully saturated rings. The lowest BCUT2D eigenvalue weighted by molar-refractivity contribution is 0.816. The molecule has 7 heteroatoms. The van der Waals surface area contributed by atoms with Crippen LogP contribution >= 0.6 is 12.6 Å². The molecule has 3 N–H and O–H groups in total. The fraction of sp³-hybridized carbons (Fsp3) is 0.250. The van der Waals surface area contributed by atoms with Gasteiger partial charge in [-0.3, -0.25) is 4.98 Å². The van der Waals surface area contributed by atoms with E-state index in [2.05, 4.69) is 32.9 Å². The SMILES string of the molecule is Cc1nc(N)c2c(n1)N(Cc1cccnc1)C(S)N2. The van der Waals surface area contributed by atoms with Gasteiger partial charge < -0.3 is 16.0 Å². The molecule has 0 saturated heterocycles. The van der Waals surface area contributed by atoms with Crippen LogP contribution < -0.4 is 16.0 Å². The second-order valence-corrected chi connectivity index (χ2v) is 4.85. The summed E-state index contributed by atoms with van der Waals surface area (Å²) >= 11 is 4.52. The van der Waals surface area contributed by atoms with E-state index < -0.39 is 0 Å². The molecule has 3 heterocycles. The van der Waals surface area contributed by atoms with Crippen molar-refractivity contribution in [1.29, 1.82) is 0 Å². The first-order valence-electron chi connectivity index (χ1n) is 5.89. The second kappa shape index (κ2) is 4.58. The fourth-order valence-electron chi connectivity index (χ4n) is 2.10. The molecule has 2 aromatic heterocycles. The number of nitrogens with one attached hydrogen (secondary N) is 1. The van der Waals surface area contributed by atoms with Crippen LogP contribution in [0.15, 0.2) is 24.5 Å². The number of nitrogens with two attached hydrogens (primary N) is 1. The molecule has 2 aromatic rings. The normalized spacial score (nSPS) is 17.2. The highest BCUT2D eigenvalue weighted by molar-refractivity contribution is 7.81. The summed E-state index contributed by atoms with van der Waals surface area (Å²) in [6, 6.07) is 3.93. The van der Waals surface area contributed by atoms with Crippen molar-refractivity contribution in [3.8, 4) is 0 Å². The van der Waals surface area contributed by atoms with E-state index in [-0.39, 0.29) is 5.50 Å². The molecule has 0 saturated carbocycles. The zero-order valence-electron chi connectivity index (χ0n) is 10.4. The van der Waals surface area contributed by atoms with Gasteiger partial charge in [0, 0.05) is 18.9 Å². The van der Waals surface area contributed by atoms with E-state index in [1.54, 1.807) is 6.20 Å². The number of pyridine rings is 1. The molecule has 0 radical (unpaired) electrons. The highest BCUT2D eigenvalue weighted by Gasteiger charge is 2.30. The number of aryl methyl sites for hydroxylation is 1. The van der Waals surface area contributed by atoms with Crippen molar-refractivity contribution in [2.24, 2.45) is 0 Å². The number of fused-ring (bicyclic) bond motifs is 1. The Labute approximate surface area is 116 Å². The average molecular weight is 274 g/mol. The molecule has 3 rings (SSSR count). The zero-order chi connectivity index (χ0) is 13.4. The maximum absolute atomic E-state index is 5.90. The van der Waals surface area contributed by atoms with E-state index in [4.69, 9.17) is 5.73 Å². The number of nitrogens with zero attached hydrogens (tertiary/aromatic N) is 4. The number of anilines is 3. The number of aromatic nitrogens is 3. The minimum absolute atomic E-state index is 0.173. The summed E-state index contributed by atoms with van der Waals surface area (Å²) in [5.41, 5.74) is 7.57. The number of hydrogen-bond acceptors (Lipinski definition) is 7. The molecule has 0 aromatic carbocycles. The summed E-state index contributed by atoms with van der Waals surface area (Å²) in [4.78, 5) is 14.7. The van der Waals surface area contributed by atoms with Gasteiger partial charge in [0.25, 0.3) is 0 Å². The number of rotatable bonds is 2. The Kier molecular flexibility index (Phi) is 2.90. The highest BCUT2D eigenvalue weighted by atomic mass is 32.1. The van der Waals surface area contributed by atoms with E-state index in [1.165, 1.54) is 0 Å². The third kappa shape index (κ3) is 2.17. The molecule has 1 aliphatic heterocycles. The minimum atomic E-state index is -0.173. The number of hydrogen-bond donors (Lipinski definition) is 3. The standard InChI is InChI=1S/C12H14N6S/c1-7-15-10(13)9-11(16-7)18(12(19)17-9)6-8-3-2-4-14-5-8/h2-5,12,17,19H,6H2,1H3,(H2,13,15,16).